The van der Waals surface area contributed by atoms with Crippen LogP contribution in [0.3, 0.4) is 0 Å². The molecule has 106 valence electrons. The summed E-state index contributed by atoms with van der Waals surface area (Å²) in [7, 11) is 0. The Balaban J connectivity index is 1.85. The van der Waals surface area contributed by atoms with Gasteiger partial charge in [0.1, 0.15) is 11.3 Å². The van der Waals surface area contributed by atoms with E-state index in [1.54, 1.807) is 5.51 Å². The van der Waals surface area contributed by atoms with Crippen LogP contribution < -0.4 is 10.1 Å². The number of amides is 1. The highest BCUT2D eigenvalue weighted by Gasteiger charge is 2.06. The van der Waals surface area contributed by atoms with Crippen LogP contribution in [-0.2, 0) is 11.2 Å². The minimum absolute atomic E-state index is 0.0994. The summed E-state index contributed by atoms with van der Waals surface area (Å²) >= 11 is 1.30. The van der Waals surface area contributed by atoms with Crippen LogP contribution in [0.15, 0.2) is 29.8 Å². The topological polar surface area (TPSA) is 64.1 Å². The number of carbonyl (C=O) groups is 1. The van der Waals surface area contributed by atoms with Crippen LogP contribution in [0.25, 0.3) is 0 Å². The summed E-state index contributed by atoms with van der Waals surface area (Å²) in [6, 6.07) is 7.57. The number of carbonyl (C=O) groups excluding carboxylic acids is 1. The van der Waals surface area contributed by atoms with Gasteiger partial charge in [0.15, 0.2) is 0 Å². The first-order chi connectivity index (χ1) is 9.63. The maximum atomic E-state index is 11.8. The van der Waals surface area contributed by atoms with Crippen LogP contribution in [0, 0.1) is 5.92 Å². The van der Waals surface area contributed by atoms with Crippen molar-refractivity contribution in [1.82, 2.24) is 10.2 Å². The van der Waals surface area contributed by atoms with E-state index in [4.69, 9.17) is 4.74 Å². The Morgan fingerprint density at radius 2 is 2.10 bits per heavy atom. The van der Waals surface area contributed by atoms with E-state index in [0.717, 1.165) is 11.3 Å². The number of hydrogen-bond donors (Lipinski definition) is 1. The molecule has 1 amide bonds. The molecule has 5 nitrogen and oxygen atoms in total. The second-order valence-corrected chi connectivity index (χ2v) is 5.65. The fraction of sp³-hybridized carbons (Fsp3) is 0.357. The molecular formula is C14H17N3O2S. The normalized spacial score (nSPS) is 10.6. The van der Waals surface area contributed by atoms with Gasteiger partial charge in [0.25, 0.3) is 0 Å². The second-order valence-electron chi connectivity index (χ2n) is 4.82. The Morgan fingerprint density at radius 3 is 2.70 bits per heavy atom. The molecule has 6 heteroatoms. The third kappa shape index (κ3) is 4.62. The quantitative estimate of drug-likeness (QED) is 0.889. The van der Waals surface area contributed by atoms with E-state index < -0.39 is 0 Å². The number of anilines is 1. The minimum atomic E-state index is -0.0994. The SMILES string of the molecule is CC(C)COc1ccc(CC(=O)Nc2nncs2)cc1. The lowest BCUT2D eigenvalue weighted by Crippen LogP contribution is -2.14. The standard InChI is InChI=1S/C14H17N3O2S/c1-10(2)8-19-12-5-3-11(4-6-12)7-13(18)16-14-17-15-9-20-14/h3-6,9-10H,7-8H2,1-2H3,(H,16,17,18). The highest BCUT2D eigenvalue weighted by molar-refractivity contribution is 7.13. The first-order valence-electron chi connectivity index (χ1n) is 6.41. The number of rotatable bonds is 6. The van der Waals surface area contributed by atoms with Crippen molar-refractivity contribution in [3.8, 4) is 5.75 Å². The van der Waals surface area contributed by atoms with Gasteiger partial charge < -0.3 is 10.1 Å². The van der Waals surface area contributed by atoms with Crippen LogP contribution in [0.5, 0.6) is 5.75 Å². The predicted octanol–water partition coefficient (Wildman–Crippen LogP) is 2.75. The summed E-state index contributed by atoms with van der Waals surface area (Å²) in [6.45, 7) is 4.90. The number of benzene rings is 1. The average molecular weight is 291 g/mol. The first-order valence-corrected chi connectivity index (χ1v) is 7.29. The molecule has 2 aromatic rings. The van der Waals surface area contributed by atoms with Crippen LogP contribution in [0.1, 0.15) is 19.4 Å². The number of ether oxygens (including phenoxy) is 1. The van der Waals surface area contributed by atoms with E-state index >= 15 is 0 Å². The molecule has 20 heavy (non-hydrogen) atoms. The number of aromatic nitrogens is 2. The monoisotopic (exact) mass is 291 g/mol. The summed E-state index contributed by atoms with van der Waals surface area (Å²) < 4.78 is 5.60. The summed E-state index contributed by atoms with van der Waals surface area (Å²) in [5, 5.41) is 10.7. The molecule has 0 aliphatic heterocycles. The van der Waals surface area contributed by atoms with Crippen molar-refractivity contribution in [2.75, 3.05) is 11.9 Å². The minimum Gasteiger partial charge on any atom is -0.493 e. The summed E-state index contributed by atoms with van der Waals surface area (Å²) in [5.41, 5.74) is 2.51. The van der Waals surface area contributed by atoms with Crippen molar-refractivity contribution in [3.05, 3.63) is 35.3 Å². The van der Waals surface area contributed by atoms with E-state index in [1.165, 1.54) is 11.3 Å². The van der Waals surface area contributed by atoms with Crippen molar-refractivity contribution in [1.29, 1.82) is 0 Å². The lowest BCUT2D eigenvalue weighted by Gasteiger charge is -2.09. The Labute approximate surface area is 122 Å². The van der Waals surface area contributed by atoms with Gasteiger partial charge >= 0.3 is 0 Å². The third-order valence-corrected chi connectivity index (χ3v) is 3.08. The summed E-state index contributed by atoms with van der Waals surface area (Å²) in [5.74, 6) is 1.22. The fourth-order valence-corrected chi connectivity index (χ4v) is 2.00. The van der Waals surface area contributed by atoms with Crippen molar-refractivity contribution in [2.45, 2.75) is 20.3 Å². The zero-order valence-electron chi connectivity index (χ0n) is 11.5. The summed E-state index contributed by atoms with van der Waals surface area (Å²) in [4.78, 5) is 11.8. The first kappa shape index (κ1) is 14.5. The maximum Gasteiger partial charge on any atom is 0.230 e. The van der Waals surface area contributed by atoms with E-state index in [-0.39, 0.29) is 5.91 Å². The van der Waals surface area contributed by atoms with E-state index in [1.807, 2.05) is 24.3 Å². The number of hydrogen-bond acceptors (Lipinski definition) is 5. The van der Waals surface area contributed by atoms with Gasteiger partial charge in [-0.15, -0.1) is 10.2 Å². The molecule has 1 heterocycles. The Hall–Kier alpha value is -1.95. The van der Waals surface area contributed by atoms with E-state index in [0.29, 0.717) is 24.1 Å². The summed E-state index contributed by atoms with van der Waals surface area (Å²) in [6.07, 6.45) is 0.310. The van der Waals surface area contributed by atoms with E-state index in [2.05, 4.69) is 29.4 Å². The molecule has 1 N–H and O–H groups in total. The van der Waals surface area contributed by atoms with Crippen molar-refractivity contribution < 1.29 is 9.53 Å². The third-order valence-electron chi connectivity index (χ3n) is 2.48. The molecule has 0 unspecified atom stereocenters. The largest absolute Gasteiger partial charge is 0.493 e. The molecule has 0 saturated carbocycles. The smallest absolute Gasteiger partial charge is 0.230 e. The molecule has 0 saturated heterocycles. The fourth-order valence-electron chi connectivity index (χ4n) is 1.54. The molecule has 0 spiro atoms. The maximum absolute atomic E-state index is 11.8. The van der Waals surface area contributed by atoms with Crippen LogP contribution in [0.4, 0.5) is 5.13 Å². The van der Waals surface area contributed by atoms with Crippen LogP contribution in [0.2, 0.25) is 0 Å². The number of nitrogens with one attached hydrogen (secondary N) is 1. The Morgan fingerprint density at radius 1 is 1.35 bits per heavy atom. The van der Waals surface area contributed by atoms with Crippen molar-refractivity contribution in [2.24, 2.45) is 5.92 Å². The van der Waals surface area contributed by atoms with Crippen LogP contribution in [-0.4, -0.2) is 22.7 Å². The van der Waals surface area contributed by atoms with Gasteiger partial charge in [0.05, 0.1) is 13.0 Å². The Bertz CT molecular complexity index is 538. The number of nitrogens with zero attached hydrogens (tertiary/aromatic N) is 2. The molecule has 0 aliphatic carbocycles. The van der Waals surface area contributed by atoms with Gasteiger partial charge in [-0.2, -0.15) is 0 Å². The lowest BCUT2D eigenvalue weighted by molar-refractivity contribution is -0.115. The molecule has 0 radical (unpaired) electrons. The molecular weight excluding hydrogens is 274 g/mol. The van der Waals surface area contributed by atoms with Gasteiger partial charge in [0.2, 0.25) is 11.0 Å². The van der Waals surface area contributed by atoms with Gasteiger partial charge in [-0.3, -0.25) is 4.79 Å². The highest BCUT2D eigenvalue weighted by Crippen LogP contribution is 2.14. The Kier molecular flexibility index (Phi) is 5.06. The molecule has 2 rings (SSSR count). The van der Waals surface area contributed by atoms with Crippen molar-refractivity contribution >= 4 is 22.4 Å². The van der Waals surface area contributed by atoms with E-state index in [9.17, 15) is 4.79 Å². The van der Waals surface area contributed by atoms with Gasteiger partial charge in [-0.1, -0.05) is 37.3 Å². The van der Waals surface area contributed by atoms with Gasteiger partial charge in [-0.25, -0.2) is 0 Å². The average Bonchev–Trinajstić information content (AvgIpc) is 2.90. The molecule has 0 fully saturated rings. The van der Waals surface area contributed by atoms with Crippen molar-refractivity contribution in [3.63, 3.8) is 0 Å². The zero-order valence-corrected chi connectivity index (χ0v) is 12.3. The predicted molar refractivity (Wildman–Crippen MR) is 79.0 cm³/mol. The second kappa shape index (κ2) is 7.00. The van der Waals surface area contributed by atoms with Crippen LogP contribution >= 0.6 is 11.3 Å². The molecule has 0 aliphatic rings. The highest BCUT2D eigenvalue weighted by atomic mass is 32.1. The van der Waals surface area contributed by atoms with Gasteiger partial charge in [-0.05, 0) is 23.6 Å². The lowest BCUT2D eigenvalue weighted by atomic mass is 10.1. The molecule has 1 aromatic carbocycles. The molecule has 1 aromatic heterocycles. The molecule has 0 bridgehead atoms. The van der Waals surface area contributed by atoms with Gasteiger partial charge in [0, 0.05) is 0 Å². The zero-order chi connectivity index (χ0) is 14.4. The molecule has 0 atom stereocenters.